The number of rotatable bonds is 3. The van der Waals surface area contributed by atoms with Crippen molar-refractivity contribution in [3.8, 4) is 5.75 Å². The molecule has 2 rings (SSSR count). The summed E-state index contributed by atoms with van der Waals surface area (Å²) < 4.78 is 45.0. The van der Waals surface area contributed by atoms with Crippen LogP contribution in [-0.2, 0) is 6.61 Å². The molecular formula is C13H10F3NO. The lowest BCUT2D eigenvalue weighted by molar-refractivity contribution is 0.269. The van der Waals surface area contributed by atoms with Gasteiger partial charge < -0.3 is 10.5 Å². The third-order valence-corrected chi connectivity index (χ3v) is 2.40. The molecule has 0 radical (unpaired) electrons. The summed E-state index contributed by atoms with van der Waals surface area (Å²) in [5.74, 6) is -2.84. The van der Waals surface area contributed by atoms with Crippen molar-refractivity contribution in [2.24, 2.45) is 0 Å². The van der Waals surface area contributed by atoms with Gasteiger partial charge in [0.25, 0.3) is 0 Å². The maximum atomic E-state index is 13.5. The van der Waals surface area contributed by atoms with Crippen molar-refractivity contribution in [1.29, 1.82) is 0 Å². The molecule has 94 valence electrons. The fourth-order valence-electron chi connectivity index (χ4n) is 1.48. The Balaban J connectivity index is 2.19. The molecule has 0 saturated carbocycles. The molecule has 2 aromatic carbocycles. The minimum Gasteiger partial charge on any atom is -0.483 e. The predicted octanol–water partition coefficient (Wildman–Crippen LogP) is 3.27. The van der Waals surface area contributed by atoms with Crippen LogP contribution in [0.4, 0.5) is 18.9 Å². The van der Waals surface area contributed by atoms with Gasteiger partial charge in [-0.25, -0.2) is 13.2 Å². The fraction of sp³-hybridized carbons (Fsp3) is 0.0769. The summed E-state index contributed by atoms with van der Waals surface area (Å²) in [5, 5.41) is 0. The minimum absolute atomic E-state index is 0.0369. The predicted molar refractivity (Wildman–Crippen MR) is 61.5 cm³/mol. The van der Waals surface area contributed by atoms with Crippen molar-refractivity contribution in [3.05, 3.63) is 59.4 Å². The third kappa shape index (κ3) is 2.40. The van der Waals surface area contributed by atoms with Crippen molar-refractivity contribution >= 4 is 5.69 Å². The van der Waals surface area contributed by atoms with Crippen molar-refractivity contribution in [3.63, 3.8) is 0 Å². The van der Waals surface area contributed by atoms with E-state index in [-0.39, 0.29) is 17.9 Å². The Labute approximate surface area is 102 Å². The molecule has 5 heteroatoms. The normalized spacial score (nSPS) is 10.4. The first kappa shape index (κ1) is 12.3. The quantitative estimate of drug-likeness (QED) is 0.852. The molecule has 0 saturated heterocycles. The van der Waals surface area contributed by atoms with Crippen molar-refractivity contribution in [1.82, 2.24) is 0 Å². The van der Waals surface area contributed by atoms with Crippen LogP contribution in [0.5, 0.6) is 5.75 Å². The van der Waals surface area contributed by atoms with Gasteiger partial charge in [0.05, 0.1) is 5.69 Å². The van der Waals surface area contributed by atoms with Gasteiger partial charge in [-0.1, -0.05) is 18.2 Å². The Morgan fingerprint density at radius 3 is 2.22 bits per heavy atom. The van der Waals surface area contributed by atoms with Gasteiger partial charge in [0.2, 0.25) is 0 Å². The van der Waals surface area contributed by atoms with Crippen molar-refractivity contribution < 1.29 is 17.9 Å². The maximum absolute atomic E-state index is 13.5. The van der Waals surface area contributed by atoms with E-state index in [2.05, 4.69) is 0 Å². The fourth-order valence-corrected chi connectivity index (χ4v) is 1.48. The molecule has 0 unspecified atom stereocenters. The topological polar surface area (TPSA) is 35.2 Å². The second-order valence-corrected chi connectivity index (χ2v) is 3.66. The van der Waals surface area contributed by atoms with Crippen molar-refractivity contribution in [2.75, 3.05) is 5.73 Å². The molecule has 0 amide bonds. The Kier molecular flexibility index (Phi) is 3.41. The lowest BCUT2D eigenvalue weighted by Crippen LogP contribution is -2.03. The molecule has 0 atom stereocenters. The Morgan fingerprint density at radius 1 is 0.944 bits per heavy atom. The van der Waals surface area contributed by atoms with Crippen LogP contribution >= 0.6 is 0 Å². The third-order valence-electron chi connectivity index (χ3n) is 2.40. The van der Waals surface area contributed by atoms with Crippen LogP contribution in [0.1, 0.15) is 5.56 Å². The Morgan fingerprint density at radius 2 is 1.56 bits per heavy atom. The van der Waals surface area contributed by atoms with Gasteiger partial charge in [0, 0.05) is 5.56 Å². The molecule has 0 fully saturated rings. The van der Waals surface area contributed by atoms with Crippen LogP contribution in [0.3, 0.4) is 0 Å². The van der Waals surface area contributed by atoms with Crippen LogP contribution in [0, 0.1) is 17.5 Å². The van der Waals surface area contributed by atoms with Gasteiger partial charge in [-0.05, 0) is 18.2 Å². The lowest BCUT2D eigenvalue weighted by Gasteiger charge is -2.09. The number of anilines is 1. The molecule has 0 aliphatic rings. The number of hydrogen-bond donors (Lipinski definition) is 1. The van der Waals surface area contributed by atoms with E-state index < -0.39 is 23.2 Å². The standard InChI is InChI=1S/C13H10F3NO/c14-9-4-2-5-10(15)13(9)18-7-8-3-1-6-11(17)12(8)16/h1-6H,7,17H2. The van der Waals surface area contributed by atoms with Crippen molar-refractivity contribution in [2.45, 2.75) is 6.61 Å². The number of nitrogens with two attached hydrogens (primary N) is 1. The van der Waals surface area contributed by atoms with Gasteiger partial charge >= 0.3 is 0 Å². The van der Waals surface area contributed by atoms with E-state index >= 15 is 0 Å². The highest BCUT2D eigenvalue weighted by Crippen LogP contribution is 2.23. The second kappa shape index (κ2) is 5.00. The first-order valence-electron chi connectivity index (χ1n) is 5.19. The van der Waals surface area contributed by atoms with Gasteiger partial charge in [-0.15, -0.1) is 0 Å². The smallest absolute Gasteiger partial charge is 0.191 e. The Bertz CT molecular complexity index is 552. The number of ether oxygens (including phenoxy) is 1. The number of para-hydroxylation sites is 1. The van der Waals surface area contributed by atoms with E-state index in [4.69, 9.17) is 10.5 Å². The molecule has 0 heterocycles. The maximum Gasteiger partial charge on any atom is 0.191 e. The average Bonchev–Trinajstić information content (AvgIpc) is 2.33. The second-order valence-electron chi connectivity index (χ2n) is 3.66. The molecule has 0 aromatic heterocycles. The zero-order valence-electron chi connectivity index (χ0n) is 9.29. The molecule has 0 bridgehead atoms. The zero-order valence-corrected chi connectivity index (χ0v) is 9.29. The molecule has 2 nitrogen and oxygen atoms in total. The number of benzene rings is 2. The molecule has 0 spiro atoms. The van der Waals surface area contributed by atoms with Crippen LogP contribution < -0.4 is 10.5 Å². The van der Waals surface area contributed by atoms with Gasteiger partial charge in [-0.3, -0.25) is 0 Å². The lowest BCUT2D eigenvalue weighted by atomic mass is 10.2. The minimum atomic E-state index is -0.834. The number of hydrogen-bond acceptors (Lipinski definition) is 2. The average molecular weight is 253 g/mol. The van der Waals surface area contributed by atoms with E-state index in [1.807, 2.05) is 0 Å². The van der Waals surface area contributed by atoms with E-state index in [1.54, 1.807) is 0 Å². The molecule has 18 heavy (non-hydrogen) atoms. The van der Waals surface area contributed by atoms with Crippen LogP contribution in [0.15, 0.2) is 36.4 Å². The largest absolute Gasteiger partial charge is 0.483 e. The molecule has 0 aliphatic heterocycles. The van der Waals surface area contributed by atoms with E-state index in [0.717, 1.165) is 12.1 Å². The molecular weight excluding hydrogens is 243 g/mol. The first-order valence-corrected chi connectivity index (χ1v) is 5.19. The van der Waals surface area contributed by atoms with E-state index in [9.17, 15) is 13.2 Å². The summed E-state index contributed by atoms with van der Waals surface area (Å²) in [6, 6.07) is 7.71. The van der Waals surface area contributed by atoms with Crippen LogP contribution in [0.25, 0.3) is 0 Å². The number of nitrogen functional groups attached to an aromatic ring is 1. The molecule has 2 N–H and O–H groups in total. The molecule has 0 aliphatic carbocycles. The monoisotopic (exact) mass is 253 g/mol. The molecule has 2 aromatic rings. The highest BCUT2D eigenvalue weighted by atomic mass is 19.1. The highest BCUT2D eigenvalue weighted by Gasteiger charge is 2.11. The zero-order chi connectivity index (χ0) is 13.1. The Hall–Kier alpha value is -2.17. The summed E-state index contributed by atoms with van der Waals surface area (Å²) in [4.78, 5) is 0. The van der Waals surface area contributed by atoms with Gasteiger partial charge in [-0.2, -0.15) is 0 Å². The summed E-state index contributed by atoms with van der Waals surface area (Å²) in [5.41, 5.74) is 5.47. The number of halogens is 3. The van der Waals surface area contributed by atoms with E-state index in [0.29, 0.717) is 0 Å². The summed E-state index contributed by atoms with van der Waals surface area (Å²) in [6.07, 6.45) is 0. The van der Waals surface area contributed by atoms with Crippen LogP contribution in [0.2, 0.25) is 0 Å². The van der Waals surface area contributed by atoms with Gasteiger partial charge in [0.1, 0.15) is 6.61 Å². The SMILES string of the molecule is Nc1cccc(COc2c(F)cccc2F)c1F. The van der Waals surface area contributed by atoms with Gasteiger partial charge in [0.15, 0.2) is 23.2 Å². The summed E-state index contributed by atoms with van der Waals surface area (Å²) in [6.45, 7) is -0.297. The summed E-state index contributed by atoms with van der Waals surface area (Å²) in [7, 11) is 0. The first-order chi connectivity index (χ1) is 8.59. The van der Waals surface area contributed by atoms with E-state index in [1.165, 1.54) is 24.3 Å². The summed E-state index contributed by atoms with van der Waals surface area (Å²) >= 11 is 0. The highest BCUT2D eigenvalue weighted by molar-refractivity contribution is 5.42. The van der Waals surface area contributed by atoms with Crippen LogP contribution in [-0.4, -0.2) is 0 Å².